The lowest BCUT2D eigenvalue weighted by Crippen LogP contribution is -2.40. The zero-order valence-corrected chi connectivity index (χ0v) is 14.1. The molecule has 0 aromatic rings. The Bertz CT molecular complexity index is 414. The summed E-state index contributed by atoms with van der Waals surface area (Å²) in [6.07, 6.45) is 5.17. The van der Waals surface area contributed by atoms with E-state index in [9.17, 15) is 14.7 Å². The van der Waals surface area contributed by atoms with Crippen LogP contribution in [0.5, 0.6) is 0 Å². The van der Waals surface area contributed by atoms with Gasteiger partial charge < -0.3 is 15.3 Å². The van der Waals surface area contributed by atoms with Crippen molar-refractivity contribution in [2.75, 3.05) is 13.1 Å². The predicted molar refractivity (Wildman–Crippen MR) is 85.2 cm³/mol. The zero-order valence-electron chi connectivity index (χ0n) is 14.1. The van der Waals surface area contributed by atoms with Crippen LogP contribution < -0.4 is 5.32 Å². The van der Waals surface area contributed by atoms with Crippen LogP contribution in [0.3, 0.4) is 0 Å². The van der Waals surface area contributed by atoms with Gasteiger partial charge in [0.1, 0.15) is 0 Å². The normalized spacial score (nSPS) is 24.8. The molecule has 0 radical (unpaired) electrons. The van der Waals surface area contributed by atoms with Crippen LogP contribution in [0.25, 0.3) is 0 Å². The van der Waals surface area contributed by atoms with Gasteiger partial charge in [-0.2, -0.15) is 0 Å². The fraction of sp³-hybridized carbons (Fsp3) is 0.882. The Kier molecular flexibility index (Phi) is 5.48. The number of likely N-dealkylation sites (tertiary alicyclic amines) is 1. The maximum atomic E-state index is 12.3. The van der Waals surface area contributed by atoms with E-state index in [-0.39, 0.29) is 29.3 Å². The minimum atomic E-state index is -0.377. The Balaban J connectivity index is 1.82. The fourth-order valence-electron chi connectivity index (χ4n) is 3.82. The van der Waals surface area contributed by atoms with E-state index in [1.54, 1.807) is 6.92 Å². The lowest BCUT2D eigenvalue weighted by Gasteiger charge is -2.27. The highest BCUT2D eigenvalue weighted by atomic mass is 16.3. The van der Waals surface area contributed by atoms with Gasteiger partial charge in [-0.05, 0) is 31.6 Å². The van der Waals surface area contributed by atoms with Crippen molar-refractivity contribution in [3.8, 4) is 0 Å². The Hall–Kier alpha value is -1.10. The van der Waals surface area contributed by atoms with Gasteiger partial charge >= 0.3 is 0 Å². The first-order chi connectivity index (χ1) is 10.3. The van der Waals surface area contributed by atoms with Crippen molar-refractivity contribution in [1.29, 1.82) is 0 Å². The number of nitrogens with one attached hydrogen (secondary N) is 1. The molecular formula is C17H30N2O3. The van der Waals surface area contributed by atoms with Gasteiger partial charge in [-0.15, -0.1) is 0 Å². The Morgan fingerprint density at radius 3 is 2.64 bits per heavy atom. The van der Waals surface area contributed by atoms with Crippen LogP contribution in [0.4, 0.5) is 0 Å². The van der Waals surface area contributed by atoms with Crippen molar-refractivity contribution >= 4 is 11.8 Å². The van der Waals surface area contributed by atoms with Crippen LogP contribution >= 0.6 is 0 Å². The second-order valence-electron chi connectivity index (χ2n) is 7.82. The van der Waals surface area contributed by atoms with E-state index in [0.29, 0.717) is 32.0 Å². The molecule has 126 valence electrons. The third kappa shape index (κ3) is 4.45. The lowest BCUT2D eigenvalue weighted by atomic mass is 9.87. The van der Waals surface area contributed by atoms with E-state index in [1.165, 1.54) is 12.8 Å². The molecule has 1 saturated carbocycles. The summed E-state index contributed by atoms with van der Waals surface area (Å²) in [7, 11) is 0. The number of hydrogen-bond donors (Lipinski definition) is 2. The molecule has 5 heteroatoms. The summed E-state index contributed by atoms with van der Waals surface area (Å²) >= 11 is 0. The molecule has 2 rings (SSSR count). The van der Waals surface area contributed by atoms with E-state index in [2.05, 4.69) is 5.32 Å². The fourth-order valence-corrected chi connectivity index (χ4v) is 3.82. The third-order valence-corrected chi connectivity index (χ3v) is 4.88. The molecule has 1 aliphatic carbocycles. The standard InChI is InChI=1S/C17H30N2O3/c1-12(20)9-17(2,3)11-18-16(22)13-8-15(21)19(10-13)14-6-4-5-7-14/h12-14,20H,4-11H2,1-3H3,(H,18,22). The second-order valence-corrected chi connectivity index (χ2v) is 7.82. The number of carbonyl (C=O) groups is 2. The molecule has 2 atom stereocenters. The van der Waals surface area contributed by atoms with Crippen LogP contribution in [0.2, 0.25) is 0 Å². The molecule has 2 unspecified atom stereocenters. The van der Waals surface area contributed by atoms with Gasteiger partial charge in [0.2, 0.25) is 11.8 Å². The Morgan fingerprint density at radius 1 is 1.41 bits per heavy atom. The van der Waals surface area contributed by atoms with Crippen molar-refractivity contribution in [2.45, 2.75) is 71.4 Å². The van der Waals surface area contributed by atoms with Crippen molar-refractivity contribution in [3.63, 3.8) is 0 Å². The molecule has 1 saturated heterocycles. The largest absolute Gasteiger partial charge is 0.393 e. The van der Waals surface area contributed by atoms with Crippen LogP contribution in [0.15, 0.2) is 0 Å². The first-order valence-electron chi connectivity index (χ1n) is 8.54. The van der Waals surface area contributed by atoms with Crippen molar-refractivity contribution < 1.29 is 14.7 Å². The molecule has 2 aliphatic rings. The molecule has 5 nitrogen and oxygen atoms in total. The van der Waals surface area contributed by atoms with Crippen molar-refractivity contribution in [3.05, 3.63) is 0 Å². The number of rotatable bonds is 6. The molecule has 0 spiro atoms. The highest BCUT2D eigenvalue weighted by molar-refractivity contribution is 5.89. The molecular weight excluding hydrogens is 280 g/mol. The average Bonchev–Trinajstić information content (AvgIpc) is 3.03. The van der Waals surface area contributed by atoms with Gasteiger partial charge in [0.25, 0.3) is 0 Å². The molecule has 2 fully saturated rings. The van der Waals surface area contributed by atoms with Gasteiger partial charge in [0, 0.05) is 25.6 Å². The number of aliphatic hydroxyl groups is 1. The summed E-state index contributed by atoms with van der Waals surface area (Å²) in [6.45, 7) is 6.94. The van der Waals surface area contributed by atoms with Crippen LogP contribution in [0, 0.1) is 11.3 Å². The molecule has 1 heterocycles. The van der Waals surface area contributed by atoms with Gasteiger partial charge in [0.15, 0.2) is 0 Å². The number of amides is 2. The topological polar surface area (TPSA) is 69.6 Å². The van der Waals surface area contributed by atoms with E-state index in [4.69, 9.17) is 0 Å². The molecule has 22 heavy (non-hydrogen) atoms. The average molecular weight is 310 g/mol. The van der Waals surface area contributed by atoms with E-state index in [1.807, 2.05) is 18.7 Å². The smallest absolute Gasteiger partial charge is 0.225 e. The maximum absolute atomic E-state index is 12.3. The predicted octanol–water partition coefficient (Wildman–Crippen LogP) is 1.69. The van der Waals surface area contributed by atoms with Crippen LogP contribution in [0.1, 0.15) is 59.3 Å². The summed E-state index contributed by atoms with van der Waals surface area (Å²) in [5, 5.41) is 12.5. The van der Waals surface area contributed by atoms with Gasteiger partial charge in [-0.1, -0.05) is 26.7 Å². The monoisotopic (exact) mass is 310 g/mol. The molecule has 2 amide bonds. The number of carbonyl (C=O) groups excluding carboxylic acids is 2. The van der Waals surface area contributed by atoms with E-state index >= 15 is 0 Å². The van der Waals surface area contributed by atoms with Crippen molar-refractivity contribution in [2.24, 2.45) is 11.3 Å². The highest BCUT2D eigenvalue weighted by Crippen LogP contribution is 2.29. The second kappa shape index (κ2) is 6.99. The van der Waals surface area contributed by atoms with Crippen LogP contribution in [-0.2, 0) is 9.59 Å². The first kappa shape index (κ1) is 17.3. The van der Waals surface area contributed by atoms with Crippen molar-refractivity contribution in [1.82, 2.24) is 10.2 Å². The summed E-state index contributed by atoms with van der Waals surface area (Å²) in [6, 6.07) is 0.358. The zero-order chi connectivity index (χ0) is 16.3. The molecule has 1 aliphatic heterocycles. The first-order valence-corrected chi connectivity index (χ1v) is 8.54. The van der Waals surface area contributed by atoms with E-state index in [0.717, 1.165) is 12.8 Å². The minimum Gasteiger partial charge on any atom is -0.393 e. The SMILES string of the molecule is CC(O)CC(C)(C)CNC(=O)C1CC(=O)N(C2CCCC2)C1. The highest BCUT2D eigenvalue weighted by Gasteiger charge is 2.38. The molecule has 0 aromatic heterocycles. The molecule has 0 bridgehead atoms. The van der Waals surface area contributed by atoms with Gasteiger partial charge in [0.05, 0.1) is 12.0 Å². The number of hydrogen-bond acceptors (Lipinski definition) is 3. The molecule has 2 N–H and O–H groups in total. The lowest BCUT2D eigenvalue weighted by molar-refractivity contribution is -0.130. The minimum absolute atomic E-state index is 0.0208. The van der Waals surface area contributed by atoms with Gasteiger partial charge in [-0.3, -0.25) is 9.59 Å². The number of nitrogens with zero attached hydrogens (tertiary/aromatic N) is 1. The Labute approximate surface area is 133 Å². The summed E-state index contributed by atoms with van der Waals surface area (Å²) < 4.78 is 0. The summed E-state index contributed by atoms with van der Waals surface area (Å²) in [5.41, 5.74) is -0.141. The Morgan fingerprint density at radius 2 is 2.05 bits per heavy atom. The third-order valence-electron chi connectivity index (χ3n) is 4.88. The van der Waals surface area contributed by atoms with Crippen LogP contribution in [-0.4, -0.2) is 47.1 Å². The van der Waals surface area contributed by atoms with E-state index < -0.39 is 0 Å². The van der Waals surface area contributed by atoms with Gasteiger partial charge in [-0.25, -0.2) is 0 Å². The summed E-state index contributed by atoms with van der Waals surface area (Å²) in [4.78, 5) is 26.4. The quantitative estimate of drug-likeness (QED) is 0.784. The maximum Gasteiger partial charge on any atom is 0.225 e. The number of aliphatic hydroxyl groups excluding tert-OH is 1. The molecule has 0 aromatic carbocycles. The summed E-state index contributed by atoms with van der Waals surface area (Å²) in [5.74, 6) is -0.0988.